The van der Waals surface area contributed by atoms with E-state index in [0.717, 1.165) is 31.5 Å². The van der Waals surface area contributed by atoms with Crippen molar-refractivity contribution in [3.63, 3.8) is 0 Å². The quantitative estimate of drug-likeness (QED) is 0.714. The van der Waals surface area contributed by atoms with Crippen LogP contribution < -0.4 is 4.74 Å². The topological polar surface area (TPSA) is 53.1 Å². The summed E-state index contributed by atoms with van der Waals surface area (Å²) in [7, 11) is 1.54. The molecule has 4 rings (SSSR count). The zero-order chi connectivity index (χ0) is 21.8. The van der Waals surface area contributed by atoms with Crippen LogP contribution in [0.5, 0.6) is 5.75 Å². The Bertz CT molecular complexity index is 937. The molecule has 2 amide bonds. The number of hydrogen-bond donors (Lipinski definition) is 0. The van der Waals surface area contributed by atoms with Crippen molar-refractivity contribution in [1.29, 1.82) is 0 Å². The number of benzene rings is 2. The minimum Gasteiger partial charge on any atom is -0.496 e. The zero-order valence-electron chi connectivity index (χ0n) is 17.8. The summed E-state index contributed by atoms with van der Waals surface area (Å²) in [6.07, 6.45) is 1.68. The van der Waals surface area contributed by atoms with Gasteiger partial charge in [0.05, 0.1) is 18.7 Å². The number of carbonyl (C=O) groups is 2. The van der Waals surface area contributed by atoms with E-state index in [1.54, 1.807) is 25.3 Å². The van der Waals surface area contributed by atoms with E-state index in [9.17, 15) is 9.59 Å². The molecule has 2 fully saturated rings. The van der Waals surface area contributed by atoms with Crippen LogP contribution in [0.25, 0.3) is 0 Å². The molecule has 0 aliphatic carbocycles. The second kappa shape index (κ2) is 9.71. The summed E-state index contributed by atoms with van der Waals surface area (Å²) in [4.78, 5) is 32.2. The summed E-state index contributed by atoms with van der Waals surface area (Å²) in [5, 5.41) is 0.537. The predicted molar refractivity (Wildman–Crippen MR) is 120 cm³/mol. The summed E-state index contributed by atoms with van der Waals surface area (Å²) in [6, 6.07) is 15.1. The second-order valence-corrected chi connectivity index (χ2v) is 8.51. The van der Waals surface area contributed by atoms with Gasteiger partial charge in [-0.3, -0.25) is 14.5 Å². The molecule has 0 aromatic heterocycles. The largest absolute Gasteiger partial charge is 0.496 e. The maximum atomic E-state index is 13.1. The van der Waals surface area contributed by atoms with Gasteiger partial charge in [0.25, 0.3) is 5.91 Å². The fourth-order valence-corrected chi connectivity index (χ4v) is 4.65. The summed E-state index contributed by atoms with van der Waals surface area (Å²) >= 11 is 6.03. The van der Waals surface area contributed by atoms with Gasteiger partial charge in [0, 0.05) is 44.3 Å². The summed E-state index contributed by atoms with van der Waals surface area (Å²) in [6.45, 7) is 4.20. The van der Waals surface area contributed by atoms with Gasteiger partial charge in [0.15, 0.2) is 0 Å². The Morgan fingerprint density at radius 3 is 2.65 bits per heavy atom. The lowest BCUT2D eigenvalue weighted by Gasteiger charge is -2.27. The molecular weight excluding hydrogens is 414 g/mol. The first-order valence-corrected chi connectivity index (χ1v) is 11.1. The monoisotopic (exact) mass is 441 g/mol. The number of carbonyl (C=O) groups excluding carboxylic acids is 2. The molecule has 2 aromatic carbocycles. The van der Waals surface area contributed by atoms with Gasteiger partial charge >= 0.3 is 0 Å². The first-order valence-electron chi connectivity index (χ1n) is 10.8. The molecule has 7 heteroatoms. The normalized spacial score (nSPS) is 20.1. The molecule has 1 unspecified atom stereocenters. The first kappa shape index (κ1) is 21.7. The number of nitrogens with zero attached hydrogens (tertiary/aromatic N) is 3. The Hall–Kier alpha value is -2.57. The van der Waals surface area contributed by atoms with E-state index in [0.29, 0.717) is 42.5 Å². The van der Waals surface area contributed by atoms with E-state index in [1.807, 2.05) is 28.0 Å². The van der Waals surface area contributed by atoms with Gasteiger partial charge in [-0.05, 0) is 36.6 Å². The lowest BCUT2D eigenvalue weighted by Crippen LogP contribution is -2.44. The van der Waals surface area contributed by atoms with E-state index >= 15 is 0 Å². The van der Waals surface area contributed by atoms with E-state index < -0.39 is 0 Å². The maximum Gasteiger partial charge on any atom is 0.257 e. The third-order valence-corrected chi connectivity index (χ3v) is 6.37. The Labute approximate surface area is 188 Å². The fourth-order valence-electron chi connectivity index (χ4n) is 4.49. The summed E-state index contributed by atoms with van der Waals surface area (Å²) in [5.74, 6) is 0.628. The average Bonchev–Trinajstić information content (AvgIpc) is 2.99. The van der Waals surface area contributed by atoms with Gasteiger partial charge in [0.2, 0.25) is 5.91 Å². The van der Waals surface area contributed by atoms with Crippen LogP contribution in [-0.4, -0.2) is 72.4 Å². The SMILES string of the molecule is COc1cc(Cl)ccc1C(=O)N1CCCN(C2CCN(Cc3ccccc3)C2=O)CC1. The standard InChI is InChI=1S/C24H28ClN3O3/c1-31-22-16-19(25)8-9-20(22)23(29)27-12-5-11-26(14-15-27)21-10-13-28(24(21)30)17-18-6-3-2-4-7-18/h2-4,6-9,16,21H,5,10-15,17H2,1H3. The molecule has 31 heavy (non-hydrogen) atoms. The molecule has 6 nitrogen and oxygen atoms in total. The third-order valence-electron chi connectivity index (χ3n) is 6.14. The van der Waals surface area contributed by atoms with Crippen LogP contribution in [-0.2, 0) is 11.3 Å². The van der Waals surface area contributed by atoms with E-state index in [-0.39, 0.29) is 17.9 Å². The number of halogens is 1. The van der Waals surface area contributed by atoms with E-state index in [4.69, 9.17) is 16.3 Å². The Morgan fingerprint density at radius 2 is 1.87 bits per heavy atom. The van der Waals surface area contributed by atoms with Gasteiger partial charge < -0.3 is 14.5 Å². The van der Waals surface area contributed by atoms with Gasteiger partial charge in [-0.15, -0.1) is 0 Å². The lowest BCUT2D eigenvalue weighted by molar-refractivity contribution is -0.132. The second-order valence-electron chi connectivity index (χ2n) is 8.08. The molecule has 2 heterocycles. The highest BCUT2D eigenvalue weighted by molar-refractivity contribution is 6.30. The van der Waals surface area contributed by atoms with Gasteiger partial charge in [0.1, 0.15) is 5.75 Å². The number of rotatable bonds is 5. The zero-order valence-corrected chi connectivity index (χ0v) is 18.6. The minimum absolute atomic E-state index is 0.0566. The lowest BCUT2D eigenvalue weighted by atomic mass is 10.1. The van der Waals surface area contributed by atoms with Crippen molar-refractivity contribution in [2.45, 2.75) is 25.4 Å². The molecule has 0 spiro atoms. The molecule has 2 aliphatic rings. The van der Waals surface area contributed by atoms with Crippen LogP contribution >= 0.6 is 11.6 Å². The van der Waals surface area contributed by atoms with Crippen molar-refractivity contribution in [1.82, 2.24) is 14.7 Å². The van der Waals surface area contributed by atoms with E-state index in [2.05, 4.69) is 17.0 Å². The van der Waals surface area contributed by atoms with Crippen LogP contribution in [0.15, 0.2) is 48.5 Å². The van der Waals surface area contributed by atoms with Crippen molar-refractivity contribution in [2.24, 2.45) is 0 Å². The molecule has 0 saturated carbocycles. The summed E-state index contributed by atoms with van der Waals surface area (Å²) in [5.41, 5.74) is 1.67. The minimum atomic E-state index is -0.0937. The van der Waals surface area contributed by atoms with Crippen LogP contribution in [0.2, 0.25) is 5.02 Å². The number of hydrogen-bond acceptors (Lipinski definition) is 4. The Morgan fingerprint density at radius 1 is 1.06 bits per heavy atom. The molecule has 0 radical (unpaired) electrons. The first-order chi connectivity index (χ1) is 15.1. The van der Waals surface area contributed by atoms with Crippen molar-refractivity contribution < 1.29 is 14.3 Å². The van der Waals surface area contributed by atoms with Crippen molar-refractivity contribution >= 4 is 23.4 Å². The molecule has 2 aliphatic heterocycles. The van der Waals surface area contributed by atoms with Crippen LogP contribution in [0, 0.1) is 0 Å². The average molecular weight is 442 g/mol. The number of amides is 2. The van der Waals surface area contributed by atoms with E-state index in [1.165, 1.54) is 0 Å². The summed E-state index contributed by atoms with van der Waals surface area (Å²) < 4.78 is 5.35. The molecule has 164 valence electrons. The van der Waals surface area contributed by atoms with Gasteiger partial charge in [-0.25, -0.2) is 0 Å². The molecule has 2 saturated heterocycles. The molecule has 0 N–H and O–H groups in total. The van der Waals surface area contributed by atoms with Gasteiger partial charge in [-0.2, -0.15) is 0 Å². The molecule has 2 aromatic rings. The highest BCUT2D eigenvalue weighted by atomic mass is 35.5. The van der Waals surface area contributed by atoms with Crippen molar-refractivity contribution in [2.75, 3.05) is 39.8 Å². The maximum absolute atomic E-state index is 13.1. The third kappa shape index (κ3) is 4.86. The molecule has 0 bridgehead atoms. The van der Waals surface area contributed by atoms with Crippen LogP contribution in [0.3, 0.4) is 0 Å². The smallest absolute Gasteiger partial charge is 0.257 e. The highest BCUT2D eigenvalue weighted by Gasteiger charge is 2.36. The Balaban J connectivity index is 1.38. The van der Waals surface area contributed by atoms with Crippen LogP contribution in [0.1, 0.15) is 28.8 Å². The molecule has 1 atom stereocenters. The predicted octanol–water partition coefficient (Wildman–Crippen LogP) is 3.30. The van der Waals surface area contributed by atoms with Gasteiger partial charge in [-0.1, -0.05) is 41.9 Å². The number of methoxy groups -OCH3 is 1. The highest BCUT2D eigenvalue weighted by Crippen LogP contribution is 2.26. The molecular formula is C24H28ClN3O3. The van der Waals surface area contributed by atoms with Crippen molar-refractivity contribution in [3.8, 4) is 5.75 Å². The number of ether oxygens (including phenoxy) is 1. The van der Waals surface area contributed by atoms with Crippen LogP contribution in [0.4, 0.5) is 0 Å². The fraction of sp³-hybridized carbons (Fsp3) is 0.417. The van der Waals surface area contributed by atoms with Crippen molar-refractivity contribution in [3.05, 3.63) is 64.7 Å². The number of likely N-dealkylation sites (tertiary alicyclic amines) is 1. The Kier molecular flexibility index (Phi) is 6.78.